The van der Waals surface area contributed by atoms with Crippen LogP contribution in [0.3, 0.4) is 0 Å². The molecule has 10 heavy (non-hydrogen) atoms. The molecule has 1 aliphatic heterocycles. The van der Waals surface area contributed by atoms with Crippen molar-refractivity contribution in [2.75, 3.05) is 6.54 Å². The molecule has 1 saturated heterocycles. The number of allylic oxidation sites excluding steroid dienone is 1. The van der Waals surface area contributed by atoms with Gasteiger partial charge in [0.05, 0.1) is 6.04 Å². The van der Waals surface area contributed by atoms with Crippen LogP contribution in [0.15, 0.2) is 12.7 Å². The molecule has 0 radical (unpaired) electrons. The van der Waals surface area contributed by atoms with Crippen LogP contribution in [-0.2, 0) is 4.79 Å². The number of nitrogens with one attached hydrogen (secondary N) is 1. The number of hydrogen-bond acceptors (Lipinski definition) is 2. The second-order valence-electron chi connectivity index (χ2n) is 2.69. The molecule has 0 aliphatic carbocycles. The lowest BCUT2D eigenvalue weighted by Gasteiger charge is -2.09. The van der Waals surface area contributed by atoms with Crippen LogP contribution in [-0.4, -0.2) is 18.9 Å². The highest BCUT2D eigenvalue weighted by atomic mass is 16.1. The molecule has 0 aromatic carbocycles. The van der Waals surface area contributed by atoms with Crippen LogP contribution in [0.1, 0.15) is 12.8 Å². The molecular formula is C8H13NO. The quantitative estimate of drug-likeness (QED) is 0.461. The molecule has 2 nitrogen and oxygen atoms in total. The zero-order chi connectivity index (χ0) is 7.40. The first kappa shape index (κ1) is 7.48. The maximum absolute atomic E-state index is 10.4. The van der Waals surface area contributed by atoms with Gasteiger partial charge >= 0.3 is 0 Å². The summed E-state index contributed by atoms with van der Waals surface area (Å²) in [6, 6.07) is 0.0815. The fourth-order valence-corrected chi connectivity index (χ4v) is 1.42. The third kappa shape index (κ3) is 1.45. The van der Waals surface area contributed by atoms with Gasteiger partial charge < -0.3 is 10.1 Å². The Morgan fingerprint density at radius 3 is 3.10 bits per heavy atom. The molecule has 0 saturated carbocycles. The molecule has 1 N–H and O–H groups in total. The molecular weight excluding hydrogens is 126 g/mol. The van der Waals surface area contributed by atoms with Crippen molar-refractivity contribution in [3.63, 3.8) is 0 Å². The van der Waals surface area contributed by atoms with Gasteiger partial charge in [0.1, 0.15) is 6.29 Å². The summed E-state index contributed by atoms with van der Waals surface area (Å²) in [5.74, 6) is 0.495. The van der Waals surface area contributed by atoms with Crippen molar-refractivity contribution < 1.29 is 4.79 Å². The Kier molecular flexibility index (Phi) is 2.63. The van der Waals surface area contributed by atoms with Gasteiger partial charge in [0.2, 0.25) is 0 Å². The predicted octanol–water partition coefficient (Wildman–Crippen LogP) is 0.739. The van der Waals surface area contributed by atoms with E-state index in [-0.39, 0.29) is 6.04 Å². The molecule has 0 amide bonds. The van der Waals surface area contributed by atoms with Gasteiger partial charge in [-0.25, -0.2) is 0 Å². The van der Waals surface area contributed by atoms with Crippen LogP contribution in [0.5, 0.6) is 0 Å². The average molecular weight is 139 g/mol. The molecule has 0 unspecified atom stereocenters. The summed E-state index contributed by atoms with van der Waals surface area (Å²) >= 11 is 0. The fourth-order valence-electron chi connectivity index (χ4n) is 1.42. The predicted molar refractivity (Wildman–Crippen MR) is 40.8 cm³/mol. The first-order chi connectivity index (χ1) is 4.88. The van der Waals surface area contributed by atoms with Gasteiger partial charge in [0, 0.05) is 0 Å². The van der Waals surface area contributed by atoms with Gasteiger partial charge in [-0.05, 0) is 25.3 Å². The van der Waals surface area contributed by atoms with E-state index in [1.54, 1.807) is 0 Å². The van der Waals surface area contributed by atoms with Crippen molar-refractivity contribution in [1.29, 1.82) is 0 Å². The number of carbonyl (C=O) groups excluding carboxylic acids is 1. The van der Waals surface area contributed by atoms with E-state index in [1.807, 2.05) is 6.08 Å². The standard InChI is InChI=1S/C8H13NO/c1-2-3-7-4-5-9-8(7)6-10/h2,6-9H,1,3-5H2/t7-,8+/m0/s1. The van der Waals surface area contributed by atoms with Gasteiger partial charge in [0.25, 0.3) is 0 Å². The van der Waals surface area contributed by atoms with Crippen LogP contribution in [0.4, 0.5) is 0 Å². The topological polar surface area (TPSA) is 29.1 Å². The SMILES string of the molecule is C=CC[C@H]1CCN[C@@H]1C=O. The molecule has 0 aromatic heterocycles. The van der Waals surface area contributed by atoms with Gasteiger partial charge in [-0.15, -0.1) is 6.58 Å². The normalized spacial score (nSPS) is 32.0. The highest BCUT2D eigenvalue weighted by molar-refractivity contribution is 5.58. The molecule has 1 heterocycles. The van der Waals surface area contributed by atoms with E-state index in [1.165, 1.54) is 0 Å². The number of rotatable bonds is 3. The summed E-state index contributed by atoms with van der Waals surface area (Å²) in [5.41, 5.74) is 0. The lowest BCUT2D eigenvalue weighted by Crippen LogP contribution is -2.27. The summed E-state index contributed by atoms with van der Waals surface area (Å²) in [6.45, 7) is 4.62. The molecule has 2 atom stereocenters. The molecule has 1 rings (SSSR count). The Morgan fingerprint density at radius 1 is 1.70 bits per heavy atom. The second-order valence-corrected chi connectivity index (χ2v) is 2.69. The van der Waals surface area contributed by atoms with Crippen LogP contribution in [0.25, 0.3) is 0 Å². The first-order valence-corrected chi connectivity index (χ1v) is 3.68. The van der Waals surface area contributed by atoms with Crippen molar-refractivity contribution in [2.45, 2.75) is 18.9 Å². The van der Waals surface area contributed by atoms with Crippen LogP contribution in [0.2, 0.25) is 0 Å². The lowest BCUT2D eigenvalue weighted by molar-refractivity contribution is -0.110. The van der Waals surface area contributed by atoms with Crippen molar-refractivity contribution in [3.8, 4) is 0 Å². The van der Waals surface area contributed by atoms with Crippen LogP contribution >= 0.6 is 0 Å². The molecule has 2 heteroatoms. The van der Waals surface area contributed by atoms with E-state index in [0.717, 1.165) is 25.7 Å². The fraction of sp³-hybridized carbons (Fsp3) is 0.625. The van der Waals surface area contributed by atoms with Gasteiger partial charge in [0.15, 0.2) is 0 Å². The minimum absolute atomic E-state index is 0.0815. The highest BCUT2D eigenvalue weighted by Gasteiger charge is 2.24. The van der Waals surface area contributed by atoms with Crippen molar-refractivity contribution in [2.24, 2.45) is 5.92 Å². The van der Waals surface area contributed by atoms with E-state index in [0.29, 0.717) is 5.92 Å². The number of aldehydes is 1. The third-order valence-electron chi connectivity index (χ3n) is 2.02. The Balaban J connectivity index is 2.41. The van der Waals surface area contributed by atoms with E-state index >= 15 is 0 Å². The van der Waals surface area contributed by atoms with Crippen molar-refractivity contribution in [3.05, 3.63) is 12.7 Å². The van der Waals surface area contributed by atoms with Crippen LogP contribution < -0.4 is 5.32 Å². The molecule has 56 valence electrons. The number of carbonyl (C=O) groups is 1. The smallest absolute Gasteiger partial charge is 0.137 e. The Labute approximate surface area is 61.3 Å². The van der Waals surface area contributed by atoms with E-state index < -0.39 is 0 Å². The summed E-state index contributed by atoms with van der Waals surface area (Å²) in [4.78, 5) is 10.4. The number of hydrogen-bond donors (Lipinski definition) is 1. The zero-order valence-electron chi connectivity index (χ0n) is 6.05. The average Bonchev–Trinajstić information content (AvgIpc) is 2.36. The maximum Gasteiger partial charge on any atom is 0.137 e. The summed E-state index contributed by atoms with van der Waals surface area (Å²) in [5, 5.41) is 3.13. The molecule has 0 spiro atoms. The zero-order valence-corrected chi connectivity index (χ0v) is 6.05. The maximum atomic E-state index is 10.4. The van der Waals surface area contributed by atoms with Crippen molar-refractivity contribution in [1.82, 2.24) is 5.32 Å². The third-order valence-corrected chi connectivity index (χ3v) is 2.02. The lowest BCUT2D eigenvalue weighted by atomic mass is 9.98. The monoisotopic (exact) mass is 139 g/mol. The molecule has 0 aromatic rings. The summed E-state index contributed by atoms with van der Waals surface area (Å²) in [6.07, 6.45) is 4.95. The largest absolute Gasteiger partial charge is 0.307 e. The minimum atomic E-state index is 0.0815. The van der Waals surface area contributed by atoms with Gasteiger partial charge in [-0.3, -0.25) is 0 Å². The van der Waals surface area contributed by atoms with E-state index in [9.17, 15) is 4.79 Å². The Hall–Kier alpha value is -0.630. The van der Waals surface area contributed by atoms with E-state index in [4.69, 9.17) is 0 Å². The minimum Gasteiger partial charge on any atom is -0.307 e. The first-order valence-electron chi connectivity index (χ1n) is 3.68. The Bertz CT molecular complexity index is 133. The Morgan fingerprint density at radius 2 is 2.50 bits per heavy atom. The highest BCUT2D eigenvalue weighted by Crippen LogP contribution is 2.17. The second kappa shape index (κ2) is 3.52. The van der Waals surface area contributed by atoms with Crippen molar-refractivity contribution >= 4 is 6.29 Å². The summed E-state index contributed by atoms with van der Waals surface area (Å²) in [7, 11) is 0. The van der Waals surface area contributed by atoms with Crippen LogP contribution in [0, 0.1) is 5.92 Å². The summed E-state index contributed by atoms with van der Waals surface area (Å²) < 4.78 is 0. The van der Waals surface area contributed by atoms with E-state index in [2.05, 4.69) is 11.9 Å². The molecule has 1 aliphatic rings. The van der Waals surface area contributed by atoms with Gasteiger partial charge in [-0.1, -0.05) is 6.08 Å². The van der Waals surface area contributed by atoms with Gasteiger partial charge in [-0.2, -0.15) is 0 Å². The molecule has 1 fully saturated rings. The molecule has 0 bridgehead atoms.